The molecule has 17 heavy (non-hydrogen) atoms. The number of hydrogen-bond donors (Lipinski definition) is 1. The summed E-state index contributed by atoms with van der Waals surface area (Å²) < 4.78 is 0. The summed E-state index contributed by atoms with van der Waals surface area (Å²) in [6.45, 7) is 2.16. The zero-order chi connectivity index (χ0) is 12.3. The van der Waals surface area contributed by atoms with Crippen molar-refractivity contribution in [3.05, 3.63) is 59.7 Å². The largest absolute Gasteiger partial charge is 0.508 e. The lowest BCUT2D eigenvalue weighted by Gasteiger charge is -2.06. The summed E-state index contributed by atoms with van der Waals surface area (Å²) in [5, 5.41) is 9.28. The van der Waals surface area contributed by atoms with Gasteiger partial charge >= 0.3 is 0 Å². The predicted octanol–water partition coefficient (Wildman–Crippen LogP) is 3.51. The van der Waals surface area contributed by atoms with Crippen LogP contribution in [0.5, 0.6) is 5.75 Å². The van der Waals surface area contributed by atoms with Crippen LogP contribution in [0.1, 0.15) is 11.1 Å². The lowest BCUT2D eigenvalue weighted by molar-refractivity contribution is 0.475. The molecule has 0 amide bonds. The van der Waals surface area contributed by atoms with E-state index in [4.69, 9.17) is 0 Å². The minimum absolute atomic E-state index is 0.186. The highest BCUT2D eigenvalue weighted by Crippen LogP contribution is 2.20. The van der Waals surface area contributed by atoms with Gasteiger partial charge in [0.1, 0.15) is 17.8 Å². The van der Waals surface area contributed by atoms with Crippen LogP contribution in [0.15, 0.2) is 53.4 Å². The van der Waals surface area contributed by atoms with Crippen LogP contribution in [0.3, 0.4) is 0 Å². The standard InChI is InChI=1S/C15H16OS/c1-12-5-3-4-6-13(12)11-17(2)15-9-7-14(16)8-10-15/h3-10H,11H2,1-2H3/p+1. The Morgan fingerprint density at radius 1 is 1.00 bits per heavy atom. The van der Waals surface area contributed by atoms with Gasteiger partial charge in [0.05, 0.1) is 0 Å². The molecule has 1 unspecified atom stereocenters. The molecule has 2 heteroatoms. The van der Waals surface area contributed by atoms with Crippen molar-refractivity contribution in [1.82, 2.24) is 0 Å². The minimum atomic E-state index is 0.186. The Labute approximate surface area is 105 Å². The van der Waals surface area contributed by atoms with E-state index in [9.17, 15) is 5.11 Å². The Bertz CT molecular complexity index is 491. The monoisotopic (exact) mass is 245 g/mol. The van der Waals surface area contributed by atoms with E-state index in [0.717, 1.165) is 5.75 Å². The maximum Gasteiger partial charge on any atom is 0.155 e. The molecule has 0 saturated carbocycles. The molecule has 0 heterocycles. The highest BCUT2D eigenvalue weighted by atomic mass is 32.2. The van der Waals surface area contributed by atoms with Crippen molar-refractivity contribution in [2.45, 2.75) is 17.6 Å². The first-order valence-corrected chi connectivity index (χ1v) is 7.43. The Morgan fingerprint density at radius 3 is 2.29 bits per heavy atom. The van der Waals surface area contributed by atoms with Gasteiger partial charge in [0, 0.05) is 16.5 Å². The summed E-state index contributed by atoms with van der Waals surface area (Å²) in [7, 11) is 0.186. The fourth-order valence-electron chi connectivity index (χ4n) is 1.77. The second-order valence-electron chi connectivity index (χ2n) is 4.20. The number of benzene rings is 2. The van der Waals surface area contributed by atoms with Crippen molar-refractivity contribution < 1.29 is 5.11 Å². The Kier molecular flexibility index (Phi) is 3.75. The molecule has 0 radical (unpaired) electrons. The van der Waals surface area contributed by atoms with E-state index in [2.05, 4.69) is 37.4 Å². The molecule has 0 aliphatic rings. The average Bonchev–Trinajstić information content (AvgIpc) is 2.33. The topological polar surface area (TPSA) is 20.2 Å². The van der Waals surface area contributed by atoms with Crippen molar-refractivity contribution in [3.8, 4) is 5.75 Å². The first kappa shape index (κ1) is 12.1. The first-order valence-electron chi connectivity index (χ1n) is 5.63. The van der Waals surface area contributed by atoms with E-state index in [1.165, 1.54) is 16.0 Å². The molecule has 1 N–H and O–H groups in total. The molecule has 1 nitrogen and oxygen atoms in total. The van der Waals surface area contributed by atoms with Crippen LogP contribution in [0.2, 0.25) is 0 Å². The number of aryl methyl sites for hydroxylation is 1. The van der Waals surface area contributed by atoms with Gasteiger partial charge < -0.3 is 5.11 Å². The molecule has 2 aromatic carbocycles. The Balaban J connectivity index is 2.14. The van der Waals surface area contributed by atoms with Gasteiger partial charge in [-0.15, -0.1) is 0 Å². The molecular weight excluding hydrogens is 228 g/mol. The lowest BCUT2D eigenvalue weighted by atomic mass is 10.1. The summed E-state index contributed by atoms with van der Waals surface area (Å²) in [5.41, 5.74) is 2.76. The molecule has 2 aromatic rings. The van der Waals surface area contributed by atoms with Crippen molar-refractivity contribution in [2.75, 3.05) is 6.26 Å². The summed E-state index contributed by atoms with van der Waals surface area (Å²) in [6.07, 6.45) is 2.25. The fraction of sp³-hybridized carbons (Fsp3) is 0.200. The van der Waals surface area contributed by atoms with Crippen LogP contribution in [0, 0.1) is 6.92 Å². The van der Waals surface area contributed by atoms with Gasteiger partial charge in [-0.3, -0.25) is 0 Å². The zero-order valence-corrected chi connectivity index (χ0v) is 11.0. The highest BCUT2D eigenvalue weighted by molar-refractivity contribution is 7.95. The van der Waals surface area contributed by atoms with E-state index in [1.807, 2.05) is 12.1 Å². The van der Waals surface area contributed by atoms with Gasteiger partial charge in [-0.1, -0.05) is 24.3 Å². The Hall–Kier alpha value is -1.41. The quantitative estimate of drug-likeness (QED) is 0.820. The van der Waals surface area contributed by atoms with E-state index in [1.54, 1.807) is 12.1 Å². The van der Waals surface area contributed by atoms with Crippen LogP contribution in [-0.2, 0) is 16.6 Å². The van der Waals surface area contributed by atoms with Crippen LogP contribution in [0.4, 0.5) is 0 Å². The molecule has 0 fully saturated rings. The summed E-state index contributed by atoms with van der Waals surface area (Å²) in [6, 6.07) is 16.1. The summed E-state index contributed by atoms with van der Waals surface area (Å²) in [5.74, 6) is 1.40. The van der Waals surface area contributed by atoms with E-state index in [-0.39, 0.29) is 10.9 Å². The van der Waals surface area contributed by atoms with Crippen LogP contribution in [-0.4, -0.2) is 11.4 Å². The molecule has 1 atom stereocenters. The number of phenolic OH excluding ortho intramolecular Hbond substituents is 1. The molecule has 0 saturated heterocycles. The lowest BCUT2D eigenvalue weighted by Crippen LogP contribution is -2.04. The second kappa shape index (κ2) is 5.28. The molecule has 0 aliphatic carbocycles. The normalized spacial score (nSPS) is 12.4. The number of aromatic hydroxyl groups is 1. The number of phenols is 1. The third-order valence-electron chi connectivity index (χ3n) is 2.87. The van der Waals surface area contributed by atoms with Crippen LogP contribution < -0.4 is 0 Å². The van der Waals surface area contributed by atoms with Gasteiger partial charge in [-0.2, -0.15) is 0 Å². The third-order valence-corrected chi connectivity index (χ3v) is 4.69. The van der Waals surface area contributed by atoms with Crippen molar-refractivity contribution in [1.29, 1.82) is 0 Å². The molecule has 0 spiro atoms. The van der Waals surface area contributed by atoms with Gasteiger partial charge in [0.25, 0.3) is 0 Å². The van der Waals surface area contributed by atoms with Crippen molar-refractivity contribution in [2.24, 2.45) is 0 Å². The molecule has 0 aromatic heterocycles. The van der Waals surface area contributed by atoms with Gasteiger partial charge in [-0.25, -0.2) is 0 Å². The molecule has 0 bridgehead atoms. The third kappa shape index (κ3) is 3.04. The van der Waals surface area contributed by atoms with Crippen LogP contribution in [0.25, 0.3) is 0 Å². The second-order valence-corrected chi connectivity index (χ2v) is 6.24. The van der Waals surface area contributed by atoms with Crippen LogP contribution >= 0.6 is 0 Å². The zero-order valence-electron chi connectivity index (χ0n) is 10.2. The summed E-state index contributed by atoms with van der Waals surface area (Å²) in [4.78, 5) is 1.30. The van der Waals surface area contributed by atoms with Crippen molar-refractivity contribution >= 4 is 10.9 Å². The van der Waals surface area contributed by atoms with Gasteiger partial charge in [-0.05, 0) is 36.8 Å². The number of rotatable bonds is 3. The average molecular weight is 245 g/mol. The molecule has 2 rings (SSSR count). The first-order chi connectivity index (χ1) is 8.16. The Morgan fingerprint density at radius 2 is 1.65 bits per heavy atom. The minimum Gasteiger partial charge on any atom is -0.508 e. The molecular formula is C15H17OS+. The smallest absolute Gasteiger partial charge is 0.155 e. The SMILES string of the molecule is Cc1ccccc1C[S+](C)c1ccc(O)cc1. The summed E-state index contributed by atoms with van der Waals surface area (Å²) >= 11 is 0. The van der Waals surface area contributed by atoms with E-state index in [0.29, 0.717) is 5.75 Å². The predicted molar refractivity (Wildman–Crippen MR) is 74.5 cm³/mol. The van der Waals surface area contributed by atoms with Gasteiger partial charge in [0.2, 0.25) is 0 Å². The highest BCUT2D eigenvalue weighted by Gasteiger charge is 2.16. The number of hydrogen-bond acceptors (Lipinski definition) is 1. The van der Waals surface area contributed by atoms with Gasteiger partial charge in [0.15, 0.2) is 4.90 Å². The molecule has 88 valence electrons. The maximum atomic E-state index is 9.28. The van der Waals surface area contributed by atoms with Crippen molar-refractivity contribution in [3.63, 3.8) is 0 Å². The van der Waals surface area contributed by atoms with E-state index < -0.39 is 0 Å². The maximum absolute atomic E-state index is 9.28. The van der Waals surface area contributed by atoms with E-state index >= 15 is 0 Å². The molecule has 0 aliphatic heterocycles. The fourth-order valence-corrected chi connectivity index (χ4v) is 3.32.